The molecular formula is C23H37N5O2. The van der Waals surface area contributed by atoms with E-state index in [-0.39, 0.29) is 5.91 Å². The van der Waals surface area contributed by atoms with Crippen LogP contribution >= 0.6 is 0 Å². The highest BCUT2D eigenvalue weighted by Crippen LogP contribution is 2.16. The molecule has 2 heterocycles. The van der Waals surface area contributed by atoms with Gasteiger partial charge in [0.25, 0.3) is 0 Å². The van der Waals surface area contributed by atoms with Crippen LogP contribution < -0.4 is 10.1 Å². The van der Waals surface area contributed by atoms with Gasteiger partial charge in [-0.05, 0) is 38.3 Å². The molecule has 0 radical (unpaired) electrons. The van der Waals surface area contributed by atoms with Gasteiger partial charge in [0.05, 0.1) is 13.2 Å². The maximum absolute atomic E-state index is 12.4. The first kappa shape index (κ1) is 22.4. The lowest BCUT2D eigenvalue weighted by Gasteiger charge is -2.36. The molecule has 2 aliphatic heterocycles. The molecule has 30 heavy (non-hydrogen) atoms. The number of carbonyl (C=O) groups excluding carboxylic acids is 1. The van der Waals surface area contributed by atoms with Gasteiger partial charge >= 0.3 is 0 Å². The van der Waals surface area contributed by atoms with Crippen LogP contribution in [0.15, 0.2) is 29.3 Å². The number of ether oxygens (including phenoxy) is 1. The fourth-order valence-electron chi connectivity index (χ4n) is 3.95. The van der Waals surface area contributed by atoms with E-state index in [1.54, 1.807) is 0 Å². The lowest BCUT2D eigenvalue weighted by molar-refractivity contribution is -0.131. The Morgan fingerprint density at radius 1 is 1.07 bits per heavy atom. The van der Waals surface area contributed by atoms with Crippen LogP contribution in [-0.4, -0.2) is 92.1 Å². The van der Waals surface area contributed by atoms with Crippen LogP contribution in [0.4, 0.5) is 0 Å². The number of nitrogens with zero attached hydrogens (tertiary/aromatic N) is 4. The number of nitrogens with one attached hydrogen (secondary N) is 1. The Balaban J connectivity index is 1.39. The van der Waals surface area contributed by atoms with Crippen molar-refractivity contribution >= 4 is 11.9 Å². The zero-order valence-corrected chi connectivity index (χ0v) is 18.6. The second-order valence-electron chi connectivity index (χ2n) is 8.05. The second-order valence-corrected chi connectivity index (χ2v) is 8.05. The van der Waals surface area contributed by atoms with Crippen molar-refractivity contribution in [2.75, 3.05) is 65.5 Å². The monoisotopic (exact) mass is 415 g/mol. The van der Waals surface area contributed by atoms with Gasteiger partial charge in [0.1, 0.15) is 5.75 Å². The molecule has 0 atom stereocenters. The largest absolute Gasteiger partial charge is 0.493 e. The summed E-state index contributed by atoms with van der Waals surface area (Å²) in [4.78, 5) is 23.8. The molecule has 3 rings (SSSR count). The number of piperazine rings is 1. The first-order chi connectivity index (χ1) is 14.7. The third-order valence-corrected chi connectivity index (χ3v) is 5.74. The van der Waals surface area contributed by atoms with Crippen molar-refractivity contribution in [2.45, 2.75) is 33.1 Å². The Labute approximate surface area is 181 Å². The highest BCUT2D eigenvalue weighted by molar-refractivity contribution is 5.80. The molecule has 1 N–H and O–H groups in total. The number of para-hydroxylation sites is 1. The molecular weight excluding hydrogens is 378 g/mol. The number of aryl methyl sites for hydroxylation is 1. The maximum Gasteiger partial charge on any atom is 0.236 e. The summed E-state index contributed by atoms with van der Waals surface area (Å²) in [5, 5.41) is 3.41. The summed E-state index contributed by atoms with van der Waals surface area (Å²) in [6.45, 7) is 12.5. The summed E-state index contributed by atoms with van der Waals surface area (Å²) in [6, 6.07) is 8.10. The molecule has 1 amide bonds. The summed E-state index contributed by atoms with van der Waals surface area (Å²) in [5.41, 5.74) is 1.16. The molecule has 1 aromatic carbocycles. The number of carbonyl (C=O) groups is 1. The molecule has 0 spiro atoms. The van der Waals surface area contributed by atoms with Crippen LogP contribution in [0, 0.1) is 6.92 Å². The van der Waals surface area contributed by atoms with Crippen molar-refractivity contribution in [3.8, 4) is 5.75 Å². The normalized spacial score (nSPS) is 18.0. The predicted molar refractivity (Wildman–Crippen MR) is 121 cm³/mol. The zero-order valence-electron chi connectivity index (χ0n) is 18.6. The number of amides is 1. The van der Waals surface area contributed by atoms with Crippen molar-refractivity contribution in [2.24, 2.45) is 4.99 Å². The average Bonchev–Trinajstić information content (AvgIpc) is 3.30. The van der Waals surface area contributed by atoms with Gasteiger partial charge in [-0.1, -0.05) is 18.2 Å². The van der Waals surface area contributed by atoms with Crippen molar-refractivity contribution in [3.63, 3.8) is 0 Å². The Morgan fingerprint density at radius 3 is 2.50 bits per heavy atom. The summed E-state index contributed by atoms with van der Waals surface area (Å²) in [5.74, 6) is 2.21. The Bertz CT molecular complexity index is 695. The zero-order chi connectivity index (χ0) is 21.2. The number of aliphatic imine (C=N–C) groups is 1. The minimum atomic E-state index is 0.287. The molecule has 0 unspecified atom stereocenters. The molecule has 0 bridgehead atoms. The fraction of sp³-hybridized carbons (Fsp3) is 0.652. The van der Waals surface area contributed by atoms with Gasteiger partial charge in [0.15, 0.2) is 5.96 Å². The van der Waals surface area contributed by atoms with Gasteiger partial charge in [0.2, 0.25) is 5.91 Å². The summed E-state index contributed by atoms with van der Waals surface area (Å²) >= 11 is 0. The first-order valence-corrected chi connectivity index (χ1v) is 11.4. The van der Waals surface area contributed by atoms with Crippen LogP contribution in [0.1, 0.15) is 31.7 Å². The number of guanidine groups is 1. The third kappa shape index (κ3) is 6.62. The van der Waals surface area contributed by atoms with E-state index in [9.17, 15) is 4.79 Å². The SMILES string of the molecule is CCNC(=NCCCOc1ccccc1C)N1CCN(CC(=O)N2CCCC2)CC1. The number of likely N-dealkylation sites (tertiary alicyclic amines) is 1. The van der Waals surface area contributed by atoms with Crippen molar-refractivity contribution in [3.05, 3.63) is 29.8 Å². The van der Waals surface area contributed by atoms with E-state index >= 15 is 0 Å². The summed E-state index contributed by atoms with van der Waals surface area (Å²) in [6.07, 6.45) is 3.18. The smallest absolute Gasteiger partial charge is 0.236 e. The van der Waals surface area contributed by atoms with Crippen LogP contribution in [-0.2, 0) is 4.79 Å². The summed E-state index contributed by atoms with van der Waals surface area (Å²) < 4.78 is 5.87. The number of hydrogen-bond acceptors (Lipinski definition) is 4. The predicted octanol–water partition coefficient (Wildman–Crippen LogP) is 1.97. The van der Waals surface area contributed by atoms with Gasteiger partial charge in [-0.2, -0.15) is 0 Å². The molecule has 7 nitrogen and oxygen atoms in total. The van der Waals surface area contributed by atoms with Crippen LogP contribution in [0.25, 0.3) is 0 Å². The van der Waals surface area contributed by atoms with Gasteiger partial charge in [0, 0.05) is 58.8 Å². The van der Waals surface area contributed by atoms with Crippen molar-refractivity contribution < 1.29 is 9.53 Å². The van der Waals surface area contributed by atoms with Gasteiger partial charge < -0.3 is 19.9 Å². The lowest BCUT2D eigenvalue weighted by atomic mass is 10.2. The van der Waals surface area contributed by atoms with Crippen LogP contribution in [0.2, 0.25) is 0 Å². The minimum absolute atomic E-state index is 0.287. The molecule has 2 fully saturated rings. The van der Waals surface area contributed by atoms with E-state index in [2.05, 4.69) is 35.0 Å². The molecule has 7 heteroatoms. The molecule has 0 aliphatic carbocycles. The van der Waals surface area contributed by atoms with Crippen molar-refractivity contribution in [1.29, 1.82) is 0 Å². The highest BCUT2D eigenvalue weighted by atomic mass is 16.5. The van der Waals surface area contributed by atoms with E-state index < -0.39 is 0 Å². The standard InChI is InChI=1S/C23H37N5O2/c1-3-24-23(25-11-8-18-30-21-10-5-4-9-20(21)2)28-16-14-26(15-17-28)19-22(29)27-12-6-7-13-27/h4-5,9-10H,3,6-8,11-19H2,1-2H3,(H,24,25). The fourth-order valence-corrected chi connectivity index (χ4v) is 3.95. The molecule has 0 aromatic heterocycles. The quantitative estimate of drug-likeness (QED) is 0.400. The minimum Gasteiger partial charge on any atom is -0.493 e. The van der Waals surface area contributed by atoms with E-state index in [4.69, 9.17) is 9.73 Å². The topological polar surface area (TPSA) is 60.4 Å². The van der Waals surface area contributed by atoms with Gasteiger partial charge in [-0.15, -0.1) is 0 Å². The van der Waals surface area contributed by atoms with Crippen molar-refractivity contribution in [1.82, 2.24) is 20.0 Å². The van der Waals surface area contributed by atoms with Crippen LogP contribution in [0.5, 0.6) is 5.75 Å². The number of benzene rings is 1. The number of rotatable bonds is 8. The molecule has 1 aromatic rings. The molecule has 0 saturated carbocycles. The maximum atomic E-state index is 12.4. The van der Waals surface area contributed by atoms with Crippen LogP contribution in [0.3, 0.4) is 0 Å². The van der Waals surface area contributed by atoms with E-state index in [1.165, 1.54) is 0 Å². The average molecular weight is 416 g/mol. The Hall–Kier alpha value is -2.28. The third-order valence-electron chi connectivity index (χ3n) is 5.74. The first-order valence-electron chi connectivity index (χ1n) is 11.4. The second kappa shape index (κ2) is 11.8. The van der Waals surface area contributed by atoms with E-state index in [0.717, 1.165) is 88.9 Å². The molecule has 2 aliphatic rings. The summed E-state index contributed by atoms with van der Waals surface area (Å²) in [7, 11) is 0. The Kier molecular flexibility index (Phi) is 8.81. The van der Waals surface area contributed by atoms with E-state index in [1.807, 2.05) is 23.1 Å². The van der Waals surface area contributed by atoms with Gasteiger partial charge in [-0.25, -0.2) is 0 Å². The molecule has 2 saturated heterocycles. The van der Waals surface area contributed by atoms with Gasteiger partial charge in [-0.3, -0.25) is 14.7 Å². The molecule has 166 valence electrons. The van der Waals surface area contributed by atoms with E-state index in [0.29, 0.717) is 13.2 Å². The lowest BCUT2D eigenvalue weighted by Crippen LogP contribution is -2.54. The highest BCUT2D eigenvalue weighted by Gasteiger charge is 2.24. The number of hydrogen-bond donors (Lipinski definition) is 1. The Morgan fingerprint density at radius 2 is 1.80 bits per heavy atom.